The van der Waals surface area contributed by atoms with E-state index in [0.717, 1.165) is 11.1 Å². The Bertz CT molecular complexity index is 1140. The number of thioether (sulfide) groups is 1. The van der Waals surface area contributed by atoms with E-state index in [1.54, 1.807) is 12.0 Å². The molecule has 1 aliphatic rings. The van der Waals surface area contributed by atoms with Crippen molar-refractivity contribution < 1.29 is 19.0 Å². The summed E-state index contributed by atoms with van der Waals surface area (Å²) in [4.78, 5) is 19.4. The average molecular weight is 453 g/mol. The highest BCUT2D eigenvalue weighted by atomic mass is 32.2. The van der Waals surface area contributed by atoms with E-state index in [0.29, 0.717) is 46.9 Å². The van der Waals surface area contributed by atoms with Crippen LogP contribution in [-0.4, -0.2) is 41.1 Å². The first-order valence-electron chi connectivity index (χ1n) is 10.3. The maximum atomic E-state index is 13.2. The second-order valence-electron chi connectivity index (χ2n) is 6.90. The molecule has 2 aromatic carbocycles. The van der Waals surface area contributed by atoms with Crippen LogP contribution >= 0.6 is 11.8 Å². The number of hydrogen-bond donors (Lipinski definition) is 0. The summed E-state index contributed by atoms with van der Waals surface area (Å²) < 4.78 is 17.6. The van der Waals surface area contributed by atoms with Gasteiger partial charge in [-0.2, -0.15) is 4.98 Å². The van der Waals surface area contributed by atoms with Gasteiger partial charge in [0, 0.05) is 17.5 Å². The Kier molecular flexibility index (Phi) is 6.45. The lowest BCUT2D eigenvalue weighted by molar-refractivity contribution is -0.120. The maximum absolute atomic E-state index is 13.2. The molecule has 1 amide bonds. The van der Waals surface area contributed by atoms with Crippen molar-refractivity contribution in [3.63, 3.8) is 0 Å². The monoisotopic (exact) mass is 452 g/mol. The van der Waals surface area contributed by atoms with Gasteiger partial charge in [0.15, 0.2) is 17.2 Å². The van der Waals surface area contributed by atoms with Crippen LogP contribution in [0.25, 0.3) is 11.3 Å². The predicted octanol–water partition coefficient (Wildman–Crippen LogP) is 4.50. The number of hydrogen-bond acceptors (Lipinski definition) is 8. The zero-order chi connectivity index (χ0) is 22.7. The van der Waals surface area contributed by atoms with Crippen molar-refractivity contribution in [2.75, 3.05) is 24.9 Å². The molecule has 0 fully saturated rings. The fourth-order valence-corrected chi connectivity index (χ4v) is 3.87. The number of anilines is 1. The summed E-state index contributed by atoms with van der Waals surface area (Å²) >= 11 is 1.37. The van der Waals surface area contributed by atoms with Crippen molar-refractivity contribution in [1.82, 2.24) is 15.2 Å². The quantitative estimate of drug-likeness (QED) is 0.505. The van der Waals surface area contributed by atoms with E-state index in [2.05, 4.69) is 15.2 Å². The van der Waals surface area contributed by atoms with Crippen molar-refractivity contribution in [2.45, 2.75) is 31.7 Å². The lowest BCUT2D eigenvalue weighted by atomic mass is 10.1. The smallest absolute Gasteiger partial charge is 0.247 e. The molecule has 0 bridgehead atoms. The second kappa shape index (κ2) is 9.44. The number of para-hydroxylation sites is 1. The maximum Gasteiger partial charge on any atom is 0.247 e. The van der Waals surface area contributed by atoms with Gasteiger partial charge in [-0.25, -0.2) is 0 Å². The molecule has 9 heteroatoms. The van der Waals surface area contributed by atoms with Gasteiger partial charge in [0.25, 0.3) is 0 Å². The van der Waals surface area contributed by atoms with Crippen LogP contribution in [0.3, 0.4) is 0 Å². The van der Waals surface area contributed by atoms with Gasteiger partial charge in [0.05, 0.1) is 19.4 Å². The lowest BCUT2D eigenvalue weighted by Gasteiger charge is -2.31. The Morgan fingerprint density at radius 3 is 2.69 bits per heavy atom. The van der Waals surface area contributed by atoms with Crippen LogP contribution in [0.5, 0.6) is 17.4 Å². The molecule has 0 saturated carbocycles. The van der Waals surface area contributed by atoms with Gasteiger partial charge in [0.1, 0.15) is 0 Å². The summed E-state index contributed by atoms with van der Waals surface area (Å²) in [6.45, 7) is 4.20. The molecular weight excluding hydrogens is 428 g/mol. The normalized spacial score (nSPS) is 14.6. The molecular formula is C23H24N4O4S. The first kappa shape index (κ1) is 21.9. The molecule has 2 heterocycles. The van der Waals surface area contributed by atoms with Crippen molar-refractivity contribution in [3.8, 4) is 28.6 Å². The van der Waals surface area contributed by atoms with Crippen LogP contribution in [0.2, 0.25) is 0 Å². The predicted molar refractivity (Wildman–Crippen MR) is 122 cm³/mol. The van der Waals surface area contributed by atoms with E-state index in [1.165, 1.54) is 11.8 Å². The van der Waals surface area contributed by atoms with E-state index in [4.69, 9.17) is 14.2 Å². The first-order chi connectivity index (χ1) is 15.6. The number of fused-ring (bicyclic) bond motifs is 3. The van der Waals surface area contributed by atoms with Gasteiger partial charge in [-0.15, -0.1) is 10.2 Å². The SMILES string of the molecule is CCOc1cc([C@@H]2Oc3nc(SC)nnc3-c3ccccc3N2C(=O)CC)ccc1OC. The van der Waals surface area contributed by atoms with Gasteiger partial charge in [-0.3, -0.25) is 9.69 Å². The van der Waals surface area contributed by atoms with Gasteiger partial charge in [0.2, 0.25) is 23.2 Å². The van der Waals surface area contributed by atoms with Crippen LogP contribution in [0.1, 0.15) is 32.1 Å². The number of rotatable bonds is 6. The van der Waals surface area contributed by atoms with Crippen molar-refractivity contribution in [3.05, 3.63) is 48.0 Å². The molecule has 4 rings (SSSR count). The van der Waals surface area contributed by atoms with E-state index in [9.17, 15) is 4.79 Å². The van der Waals surface area contributed by atoms with Crippen molar-refractivity contribution in [2.24, 2.45) is 0 Å². The highest BCUT2D eigenvalue weighted by Gasteiger charge is 2.35. The number of aromatic nitrogens is 3. The third kappa shape index (κ3) is 3.95. The number of ether oxygens (including phenoxy) is 3. The third-order valence-corrected chi connectivity index (χ3v) is 5.58. The molecule has 8 nitrogen and oxygen atoms in total. The molecule has 0 spiro atoms. The Labute approximate surface area is 190 Å². The van der Waals surface area contributed by atoms with Crippen molar-refractivity contribution in [1.29, 1.82) is 0 Å². The van der Waals surface area contributed by atoms with Gasteiger partial charge in [-0.05, 0) is 37.4 Å². The Balaban J connectivity index is 1.94. The van der Waals surface area contributed by atoms with Crippen LogP contribution < -0.4 is 19.1 Å². The summed E-state index contributed by atoms with van der Waals surface area (Å²) in [6.07, 6.45) is 1.39. The van der Waals surface area contributed by atoms with Crippen LogP contribution in [0, 0.1) is 0 Å². The molecule has 3 aromatic rings. The molecule has 1 aromatic heterocycles. The molecule has 1 aliphatic heterocycles. The van der Waals surface area contributed by atoms with E-state index in [-0.39, 0.29) is 5.91 Å². The average Bonchev–Trinajstić information content (AvgIpc) is 2.98. The Morgan fingerprint density at radius 1 is 1.16 bits per heavy atom. The summed E-state index contributed by atoms with van der Waals surface area (Å²) in [5.41, 5.74) is 2.64. The number of carbonyl (C=O) groups excluding carboxylic acids is 1. The van der Waals surface area contributed by atoms with Gasteiger partial charge >= 0.3 is 0 Å². The topological polar surface area (TPSA) is 86.7 Å². The summed E-state index contributed by atoms with van der Waals surface area (Å²) in [6, 6.07) is 13.0. The summed E-state index contributed by atoms with van der Waals surface area (Å²) in [5, 5.41) is 9.04. The molecule has 0 radical (unpaired) electrons. The number of methoxy groups -OCH3 is 1. The van der Waals surface area contributed by atoms with Gasteiger partial charge in [-0.1, -0.05) is 36.9 Å². The number of amides is 1. The minimum Gasteiger partial charge on any atom is -0.493 e. The molecule has 1 atom stereocenters. The molecule has 0 saturated heterocycles. The fraction of sp³-hybridized carbons (Fsp3) is 0.304. The molecule has 0 N–H and O–H groups in total. The van der Waals surface area contributed by atoms with Crippen molar-refractivity contribution >= 4 is 23.4 Å². The molecule has 32 heavy (non-hydrogen) atoms. The Hall–Kier alpha value is -3.33. The highest BCUT2D eigenvalue weighted by Crippen LogP contribution is 2.44. The largest absolute Gasteiger partial charge is 0.493 e. The zero-order valence-corrected chi connectivity index (χ0v) is 19.2. The van der Waals surface area contributed by atoms with Crippen LogP contribution in [0.4, 0.5) is 5.69 Å². The van der Waals surface area contributed by atoms with Crippen LogP contribution in [0.15, 0.2) is 47.6 Å². The fourth-order valence-electron chi connectivity index (χ4n) is 3.57. The minimum atomic E-state index is -0.777. The standard InChI is InChI=1S/C23H24N4O4S/c1-5-19(28)27-16-10-8-7-9-15(16)20-21(24-23(32-4)26-25-20)31-22(27)14-11-12-17(29-3)18(13-14)30-6-2/h7-13,22H,5-6H2,1-4H3/t22-/m0/s1. The second-order valence-corrected chi connectivity index (χ2v) is 7.67. The first-order valence-corrected chi connectivity index (χ1v) is 11.5. The minimum absolute atomic E-state index is 0.0953. The zero-order valence-electron chi connectivity index (χ0n) is 18.4. The number of benzene rings is 2. The molecule has 0 aliphatic carbocycles. The Morgan fingerprint density at radius 2 is 1.97 bits per heavy atom. The van der Waals surface area contributed by atoms with Gasteiger partial charge < -0.3 is 14.2 Å². The summed E-state index contributed by atoms with van der Waals surface area (Å²) in [5.74, 6) is 1.40. The lowest BCUT2D eigenvalue weighted by Crippen LogP contribution is -2.37. The third-order valence-electron chi connectivity index (χ3n) is 5.04. The van der Waals surface area contributed by atoms with E-state index >= 15 is 0 Å². The van der Waals surface area contributed by atoms with Crippen LogP contribution in [-0.2, 0) is 4.79 Å². The number of nitrogens with zero attached hydrogens (tertiary/aromatic N) is 4. The number of carbonyl (C=O) groups is 1. The molecule has 0 unspecified atom stereocenters. The van der Waals surface area contributed by atoms with E-state index in [1.807, 2.05) is 62.6 Å². The summed E-state index contributed by atoms with van der Waals surface area (Å²) in [7, 11) is 1.59. The van der Waals surface area contributed by atoms with E-state index < -0.39 is 6.23 Å². The highest BCUT2D eigenvalue weighted by molar-refractivity contribution is 7.98. The molecule has 166 valence electrons.